The summed E-state index contributed by atoms with van der Waals surface area (Å²) in [7, 11) is 1.69. The highest BCUT2D eigenvalue weighted by Crippen LogP contribution is 2.65. The molecule has 4 rings (SSSR count). The van der Waals surface area contributed by atoms with Crippen LogP contribution in [0.4, 0.5) is 0 Å². The molecular weight excluding hydrogens is 304 g/mol. The molecule has 0 aromatic carbocycles. The van der Waals surface area contributed by atoms with Crippen LogP contribution in [0.1, 0.15) is 26.7 Å². The molecule has 0 amide bonds. The SMILES string of the molecule is C=CC[C@]12C=C[C@H](C[C@]1(COC)[C@@H](O)C=C)[C@@H]1COC(C)(C)O[C@@H]12. The number of fused-ring (bicyclic) bond motifs is 1. The quantitative estimate of drug-likeness (QED) is 0.758. The molecule has 3 aliphatic carbocycles. The van der Waals surface area contributed by atoms with Crippen LogP contribution in [0.25, 0.3) is 0 Å². The zero-order valence-corrected chi connectivity index (χ0v) is 15.0. The largest absolute Gasteiger partial charge is 0.388 e. The fourth-order valence-electron chi connectivity index (χ4n) is 5.24. The monoisotopic (exact) mass is 334 g/mol. The third-order valence-corrected chi connectivity index (χ3v) is 6.32. The van der Waals surface area contributed by atoms with E-state index < -0.39 is 17.3 Å². The van der Waals surface area contributed by atoms with Crippen molar-refractivity contribution >= 4 is 0 Å². The van der Waals surface area contributed by atoms with Gasteiger partial charge in [0.25, 0.3) is 0 Å². The van der Waals surface area contributed by atoms with Gasteiger partial charge in [0.1, 0.15) is 0 Å². The van der Waals surface area contributed by atoms with Crippen molar-refractivity contribution in [1.29, 1.82) is 0 Å². The van der Waals surface area contributed by atoms with Crippen LogP contribution >= 0.6 is 0 Å². The van der Waals surface area contributed by atoms with Crippen molar-refractivity contribution in [3.8, 4) is 0 Å². The molecule has 4 nitrogen and oxygen atoms in total. The second kappa shape index (κ2) is 6.10. The first-order chi connectivity index (χ1) is 11.4. The molecule has 24 heavy (non-hydrogen) atoms. The van der Waals surface area contributed by atoms with Crippen LogP contribution in [-0.4, -0.2) is 43.4 Å². The number of allylic oxidation sites excluding steroid dienone is 2. The molecule has 1 heterocycles. The molecule has 0 radical (unpaired) electrons. The van der Waals surface area contributed by atoms with Gasteiger partial charge in [0.2, 0.25) is 0 Å². The van der Waals surface area contributed by atoms with E-state index in [1.165, 1.54) is 0 Å². The summed E-state index contributed by atoms with van der Waals surface area (Å²) in [6, 6.07) is 0. The normalized spacial score (nSPS) is 43.9. The Labute approximate surface area is 145 Å². The summed E-state index contributed by atoms with van der Waals surface area (Å²) < 4.78 is 18.0. The Balaban J connectivity index is 2.14. The van der Waals surface area contributed by atoms with Crippen LogP contribution in [0, 0.1) is 22.7 Å². The van der Waals surface area contributed by atoms with E-state index in [1.807, 2.05) is 19.9 Å². The summed E-state index contributed by atoms with van der Waals surface area (Å²) in [4.78, 5) is 0. The molecule has 1 N–H and O–H groups in total. The number of hydrogen-bond acceptors (Lipinski definition) is 4. The number of rotatable bonds is 6. The molecule has 1 aliphatic heterocycles. The minimum Gasteiger partial charge on any atom is -0.388 e. The molecule has 6 atom stereocenters. The average molecular weight is 334 g/mol. The molecule has 0 aromatic heterocycles. The van der Waals surface area contributed by atoms with Gasteiger partial charge in [0.05, 0.1) is 25.4 Å². The number of aliphatic hydroxyl groups excluding tert-OH is 1. The van der Waals surface area contributed by atoms with E-state index in [2.05, 4.69) is 25.3 Å². The van der Waals surface area contributed by atoms with E-state index >= 15 is 0 Å². The zero-order valence-electron chi connectivity index (χ0n) is 15.0. The van der Waals surface area contributed by atoms with E-state index in [0.717, 1.165) is 12.8 Å². The third-order valence-electron chi connectivity index (χ3n) is 6.32. The van der Waals surface area contributed by atoms with Crippen molar-refractivity contribution in [2.75, 3.05) is 20.3 Å². The number of aliphatic hydroxyl groups is 1. The summed E-state index contributed by atoms with van der Waals surface area (Å²) >= 11 is 0. The van der Waals surface area contributed by atoms with Crippen molar-refractivity contribution in [1.82, 2.24) is 0 Å². The average Bonchev–Trinajstić information content (AvgIpc) is 2.55. The van der Waals surface area contributed by atoms with Crippen LogP contribution in [0.2, 0.25) is 0 Å². The highest BCUT2D eigenvalue weighted by Gasteiger charge is 2.67. The lowest BCUT2D eigenvalue weighted by Crippen LogP contribution is -2.69. The summed E-state index contributed by atoms with van der Waals surface area (Å²) in [6.07, 6.45) is 8.95. The smallest absolute Gasteiger partial charge is 0.163 e. The maximum absolute atomic E-state index is 10.9. The molecule has 0 unspecified atom stereocenters. The van der Waals surface area contributed by atoms with Gasteiger partial charge < -0.3 is 19.3 Å². The van der Waals surface area contributed by atoms with Crippen LogP contribution in [0.3, 0.4) is 0 Å². The molecule has 2 bridgehead atoms. The molecule has 2 fully saturated rings. The van der Waals surface area contributed by atoms with Crippen LogP contribution < -0.4 is 0 Å². The second-order valence-corrected chi connectivity index (χ2v) is 7.94. The van der Waals surface area contributed by atoms with Gasteiger partial charge in [-0.3, -0.25) is 0 Å². The van der Waals surface area contributed by atoms with Gasteiger partial charge in [0, 0.05) is 23.9 Å². The van der Waals surface area contributed by atoms with Gasteiger partial charge in [-0.25, -0.2) is 0 Å². The molecule has 1 saturated carbocycles. The van der Waals surface area contributed by atoms with Crippen molar-refractivity contribution in [3.63, 3.8) is 0 Å². The number of methoxy groups -OCH3 is 1. The molecular formula is C20H30O4. The van der Waals surface area contributed by atoms with Crippen molar-refractivity contribution in [3.05, 3.63) is 37.5 Å². The summed E-state index contributed by atoms with van der Waals surface area (Å²) in [5, 5.41) is 10.9. The lowest BCUT2D eigenvalue weighted by Gasteiger charge is -2.66. The highest BCUT2D eigenvalue weighted by atomic mass is 16.7. The van der Waals surface area contributed by atoms with E-state index in [-0.39, 0.29) is 11.5 Å². The van der Waals surface area contributed by atoms with Gasteiger partial charge in [-0.1, -0.05) is 24.3 Å². The molecule has 4 aliphatic rings. The first-order valence-corrected chi connectivity index (χ1v) is 8.77. The van der Waals surface area contributed by atoms with Crippen molar-refractivity contribution < 1.29 is 19.3 Å². The highest BCUT2D eigenvalue weighted by molar-refractivity contribution is 5.29. The molecule has 0 aromatic rings. The van der Waals surface area contributed by atoms with E-state index in [0.29, 0.717) is 25.0 Å². The minimum atomic E-state index is -0.666. The topological polar surface area (TPSA) is 47.9 Å². The maximum Gasteiger partial charge on any atom is 0.163 e. The van der Waals surface area contributed by atoms with Gasteiger partial charge >= 0.3 is 0 Å². The Morgan fingerprint density at radius 2 is 2.17 bits per heavy atom. The number of ether oxygens (including phenoxy) is 3. The Bertz CT molecular complexity index is 540. The predicted molar refractivity (Wildman–Crippen MR) is 93.4 cm³/mol. The number of hydrogen-bond donors (Lipinski definition) is 1. The fourth-order valence-corrected chi connectivity index (χ4v) is 5.24. The second-order valence-electron chi connectivity index (χ2n) is 7.94. The third kappa shape index (κ3) is 2.35. The molecule has 1 saturated heterocycles. The first-order valence-electron chi connectivity index (χ1n) is 8.77. The Morgan fingerprint density at radius 3 is 2.79 bits per heavy atom. The summed E-state index contributed by atoms with van der Waals surface area (Å²) in [5.74, 6) is -0.0222. The maximum atomic E-state index is 10.9. The molecule has 4 heteroatoms. The van der Waals surface area contributed by atoms with Crippen molar-refractivity contribution in [2.45, 2.75) is 44.7 Å². The van der Waals surface area contributed by atoms with Crippen LogP contribution in [0.15, 0.2) is 37.5 Å². The van der Waals surface area contributed by atoms with Crippen LogP contribution in [-0.2, 0) is 14.2 Å². The van der Waals surface area contributed by atoms with Crippen molar-refractivity contribution in [2.24, 2.45) is 22.7 Å². The lowest BCUT2D eigenvalue weighted by molar-refractivity contribution is -0.347. The van der Waals surface area contributed by atoms with Gasteiger partial charge in [-0.15, -0.1) is 13.2 Å². The predicted octanol–water partition coefficient (Wildman–Crippen LogP) is 3.09. The van der Waals surface area contributed by atoms with Gasteiger partial charge in [-0.05, 0) is 32.6 Å². The first kappa shape index (κ1) is 17.9. The fraction of sp³-hybridized carbons (Fsp3) is 0.700. The van der Waals surface area contributed by atoms with E-state index in [1.54, 1.807) is 13.2 Å². The Morgan fingerprint density at radius 1 is 1.42 bits per heavy atom. The lowest BCUT2D eigenvalue weighted by atomic mass is 9.43. The molecule has 134 valence electrons. The Kier molecular flexibility index (Phi) is 4.54. The summed E-state index contributed by atoms with van der Waals surface area (Å²) in [5.41, 5.74) is -0.843. The van der Waals surface area contributed by atoms with Gasteiger partial charge in [0.15, 0.2) is 5.79 Å². The van der Waals surface area contributed by atoms with Crippen LogP contribution in [0.5, 0.6) is 0 Å². The zero-order chi connectivity index (χ0) is 17.6. The standard InChI is InChI=1S/C20H30O4/c1-6-9-19-10-8-14(11-20(19,13-22-5)16(21)7-2)15-12-23-18(3,4)24-17(15)19/h6-8,10,14-17,21H,1-2,9,11-13H2,3-5H3/t14-,15+,16+,17+,19-,20+/m1/s1. The summed E-state index contributed by atoms with van der Waals surface area (Å²) in [6.45, 7) is 12.9. The van der Waals surface area contributed by atoms with Gasteiger partial charge in [-0.2, -0.15) is 0 Å². The minimum absolute atomic E-state index is 0.0345. The Hall–Kier alpha value is -0.940. The molecule has 0 spiro atoms. The van der Waals surface area contributed by atoms with E-state index in [4.69, 9.17) is 14.2 Å². The van der Waals surface area contributed by atoms with E-state index in [9.17, 15) is 5.11 Å².